The van der Waals surface area contributed by atoms with Gasteiger partial charge in [0.05, 0.1) is 12.1 Å². The Balaban J connectivity index is 1.52. The number of benzene rings is 2. The average Bonchev–Trinajstić information content (AvgIpc) is 3.42. The van der Waals surface area contributed by atoms with Crippen LogP contribution in [0.3, 0.4) is 0 Å². The SMILES string of the molecule is CC(C)(CO)NC(=O)C1CC1c1ccc(OCc2ccccc2)cc1. The second-order valence-corrected chi connectivity index (χ2v) is 7.32. The van der Waals surface area contributed by atoms with Gasteiger partial charge in [0.15, 0.2) is 0 Å². The highest BCUT2D eigenvalue weighted by Crippen LogP contribution is 2.48. The van der Waals surface area contributed by atoms with Crippen molar-refractivity contribution in [2.75, 3.05) is 6.61 Å². The molecule has 1 aliphatic rings. The second-order valence-electron chi connectivity index (χ2n) is 7.32. The van der Waals surface area contributed by atoms with Crippen LogP contribution >= 0.6 is 0 Å². The zero-order valence-electron chi connectivity index (χ0n) is 14.7. The maximum absolute atomic E-state index is 12.2. The van der Waals surface area contributed by atoms with E-state index in [9.17, 15) is 9.90 Å². The van der Waals surface area contributed by atoms with Gasteiger partial charge in [0.1, 0.15) is 12.4 Å². The fourth-order valence-electron chi connectivity index (χ4n) is 2.87. The molecule has 4 heteroatoms. The van der Waals surface area contributed by atoms with Gasteiger partial charge >= 0.3 is 0 Å². The van der Waals surface area contributed by atoms with Crippen molar-refractivity contribution in [1.82, 2.24) is 5.32 Å². The molecule has 0 radical (unpaired) electrons. The van der Waals surface area contributed by atoms with Crippen LogP contribution in [-0.4, -0.2) is 23.2 Å². The lowest BCUT2D eigenvalue weighted by molar-refractivity contribution is -0.124. The zero-order valence-corrected chi connectivity index (χ0v) is 14.7. The van der Waals surface area contributed by atoms with Crippen molar-refractivity contribution in [2.45, 2.75) is 38.3 Å². The first-order chi connectivity index (χ1) is 12.0. The first kappa shape index (κ1) is 17.5. The largest absolute Gasteiger partial charge is 0.489 e. The van der Waals surface area contributed by atoms with Crippen LogP contribution in [0.25, 0.3) is 0 Å². The molecule has 0 spiro atoms. The van der Waals surface area contributed by atoms with Crippen LogP contribution in [-0.2, 0) is 11.4 Å². The topological polar surface area (TPSA) is 58.6 Å². The summed E-state index contributed by atoms with van der Waals surface area (Å²) in [7, 11) is 0. The number of carbonyl (C=O) groups excluding carboxylic acids is 1. The molecular weight excluding hydrogens is 314 g/mol. The summed E-state index contributed by atoms with van der Waals surface area (Å²) >= 11 is 0. The molecular formula is C21H25NO3. The third-order valence-electron chi connectivity index (χ3n) is 4.54. The van der Waals surface area contributed by atoms with Gasteiger partial charge in [0.2, 0.25) is 5.91 Å². The van der Waals surface area contributed by atoms with E-state index >= 15 is 0 Å². The summed E-state index contributed by atoms with van der Waals surface area (Å²) in [6, 6.07) is 18.1. The molecule has 1 saturated carbocycles. The Morgan fingerprint density at radius 2 is 1.84 bits per heavy atom. The number of hydrogen-bond donors (Lipinski definition) is 2. The molecule has 2 aromatic carbocycles. The molecule has 132 valence electrons. The van der Waals surface area contributed by atoms with Gasteiger partial charge in [-0.2, -0.15) is 0 Å². The Kier molecular flexibility index (Phi) is 5.09. The quantitative estimate of drug-likeness (QED) is 0.814. The molecule has 1 fully saturated rings. The molecule has 2 aromatic rings. The van der Waals surface area contributed by atoms with Gasteiger partial charge in [-0.25, -0.2) is 0 Å². The van der Waals surface area contributed by atoms with E-state index in [4.69, 9.17) is 4.74 Å². The number of ether oxygens (including phenoxy) is 1. The molecule has 0 aromatic heterocycles. The van der Waals surface area contributed by atoms with Crippen LogP contribution in [0.15, 0.2) is 54.6 Å². The molecule has 2 N–H and O–H groups in total. The smallest absolute Gasteiger partial charge is 0.224 e. The van der Waals surface area contributed by atoms with Gasteiger partial charge in [0, 0.05) is 5.92 Å². The van der Waals surface area contributed by atoms with E-state index < -0.39 is 5.54 Å². The van der Waals surface area contributed by atoms with Crippen LogP contribution in [0.5, 0.6) is 5.75 Å². The molecule has 2 atom stereocenters. The molecule has 0 saturated heterocycles. The van der Waals surface area contributed by atoms with E-state index in [0.717, 1.165) is 23.3 Å². The minimum absolute atomic E-state index is 0.00177. The molecule has 4 nitrogen and oxygen atoms in total. The Hall–Kier alpha value is -2.33. The monoisotopic (exact) mass is 339 g/mol. The molecule has 1 aliphatic carbocycles. The van der Waals surface area contributed by atoms with Crippen molar-refractivity contribution in [3.63, 3.8) is 0 Å². The molecule has 2 unspecified atom stereocenters. The van der Waals surface area contributed by atoms with Crippen molar-refractivity contribution in [2.24, 2.45) is 5.92 Å². The van der Waals surface area contributed by atoms with Gasteiger partial charge in [-0.05, 0) is 49.4 Å². The van der Waals surface area contributed by atoms with Gasteiger partial charge in [0.25, 0.3) is 0 Å². The normalized spacial score (nSPS) is 19.3. The summed E-state index contributed by atoms with van der Waals surface area (Å²) in [5.74, 6) is 1.11. The minimum Gasteiger partial charge on any atom is -0.489 e. The summed E-state index contributed by atoms with van der Waals surface area (Å²) in [4.78, 5) is 12.2. The maximum Gasteiger partial charge on any atom is 0.224 e. The average molecular weight is 339 g/mol. The molecule has 0 heterocycles. The van der Waals surface area contributed by atoms with Crippen molar-refractivity contribution >= 4 is 5.91 Å². The summed E-state index contributed by atoms with van der Waals surface area (Å²) in [6.45, 7) is 4.12. The van der Waals surface area contributed by atoms with Crippen LogP contribution in [0.1, 0.15) is 37.3 Å². The third-order valence-corrected chi connectivity index (χ3v) is 4.54. The molecule has 25 heavy (non-hydrogen) atoms. The lowest BCUT2D eigenvalue weighted by atomic mass is 10.1. The van der Waals surface area contributed by atoms with Crippen molar-refractivity contribution in [1.29, 1.82) is 0 Å². The lowest BCUT2D eigenvalue weighted by Crippen LogP contribution is -2.47. The van der Waals surface area contributed by atoms with Gasteiger partial charge in [-0.1, -0.05) is 42.5 Å². The zero-order chi connectivity index (χ0) is 17.9. The summed E-state index contributed by atoms with van der Waals surface area (Å²) in [5.41, 5.74) is 1.73. The van der Waals surface area contributed by atoms with Crippen LogP contribution in [0, 0.1) is 5.92 Å². The lowest BCUT2D eigenvalue weighted by Gasteiger charge is -2.23. The Labute approximate surface area is 148 Å². The van der Waals surface area contributed by atoms with Gasteiger partial charge < -0.3 is 15.2 Å². The highest BCUT2D eigenvalue weighted by atomic mass is 16.5. The van der Waals surface area contributed by atoms with Gasteiger partial charge in [-0.3, -0.25) is 4.79 Å². The minimum atomic E-state index is -0.570. The predicted octanol–water partition coefficient (Wildman–Crippen LogP) is 3.26. The fourth-order valence-corrected chi connectivity index (χ4v) is 2.87. The van der Waals surface area contributed by atoms with E-state index in [-0.39, 0.29) is 24.3 Å². The van der Waals surface area contributed by atoms with Crippen molar-refractivity contribution < 1.29 is 14.6 Å². The number of carbonyl (C=O) groups is 1. The van der Waals surface area contributed by atoms with Crippen LogP contribution in [0.2, 0.25) is 0 Å². The summed E-state index contributed by atoms with van der Waals surface area (Å²) < 4.78 is 5.79. The van der Waals surface area contributed by atoms with Crippen LogP contribution < -0.4 is 10.1 Å². The van der Waals surface area contributed by atoms with Gasteiger partial charge in [-0.15, -0.1) is 0 Å². The maximum atomic E-state index is 12.2. The van der Waals surface area contributed by atoms with E-state index in [1.54, 1.807) is 0 Å². The number of rotatable bonds is 7. The van der Waals surface area contributed by atoms with Crippen molar-refractivity contribution in [3.05, 3.63) is 65.7 Å². The number of aliphatic hydroxyl groups excluding tert-OH is 1. The second kappa shape index (κ2) is 7.28. The van der Waals surface area contributed by atoms with E-state index in [1.165, 1.54) is 0 Å². The van der Waals surface area contributed by atoms with E-state index in [2.05, 4.69) is 5.32 Å². The summed E-state index contributed by atoms with van der Waals surface area (Å²) in [6.07, 6.45) is 0.859. The summed E-state index contributed by atoms with van der Waals surface area (Å²) in [5, 5.41) is 12.2. The Morgan fingerprint density at radius 3 is 2.48 bits per heavy atom. The fraction of sp³-hybridized carbons (Fsp3) is 0.381. The standard InChI is InChI=1S/C21H25NO3/c1-21(2,14-23)22-20(24)19-12-18(19)16-8-10-17(11-9-16)25-13-15-6-4-3-5-7-15/h3-11,18-19,23H,12-14H2,1-2H3,(H,22,24). The van der Waals surface area contributed by atoms with E-state index in [0.29, 0.717) is 6.61 Å². The first-order valence-electron chi connectivity index (χ1n) is 8.68. The Morgan fingerprint density at radius 1 is 1.16 bits per heavy atom. The molecule has 1 amide bonds. The molecule has 0 bridgehead atoms. The highest BCUT2D eigenvalue weighted by Gasteiger charge is 2.44. The first-order valence-corrected chi connectivity index (χ1v) is 8.68. The molecule has 3 rings (SSSR count). The number of nitrogens with one attached hydrogen (secondary N) is 1. The molecule has 0 aliphatic heterocycles. The number of amides is 1. The number of hydrogen-bond acceptors (Lipinski definition) is 3. The van der Waals surface area contributed by atoms with E-state index in [1.807, 2.05) is 68.4 Å². The highest BCUT2D eigenvalue weighted by molar-refractivity contribution is 5.83. The van der Waals surface area contributed by atoms with Crippen LogP contribution in [0.4, 0.5) is 0 Å². The third kappa shape index (κ3) is 4.60. The number of aliphatic hydroxyl groups is 1. The predicted molar refractivity (Wildman–Crippen MR) is 97.4 cm³/mol. The Bertz CT molecular complexity index is 710. The van der Waals surface area contributed by atoms with Crippen molar-refractivity contribution in [3.8, 4) is 5.75 Å².